The summed E-state index contributed by atoms with van der Waals surface area (Å²) >= 11 is 5.96. The summed E-state index contributed by atoms with van der Waals surface area (Å²) in [5.41, 5.74) is 6.92. The number of benzene rings is 1. The number of fused-ring (bicyclic) bond motifs is 1. The Balaban J connectivity index is 0.00000128. The Morgan fingerprint density at radius 3 is 2.94 bits per heavy atom. The van der Waals surface area contributed by atoms with Crippen LogP contribution in [0.4, 0.5) is 0 Å². The zero-order valence-corrected chi connectivity index (χ0v) is 10.3. The Bertz CT molecular complexity index is 485. The number of halogens is 2. The van der Waals surface area contributed by atoms with E-state index in [0.717, 1.165) is 10.9 Å². The van der Waals surface area contributed by atoms with E-state index in [0.29, 0.717) is 29.6 Å². The van der Waals surface area contributed by atoms with Crippen LogP contribution in [0.3, 0.4) is 0 Å². The summed E-state index contributed by atoms with van der Waals surface area (Å²) in [6.45, 7) is 2.80. The minimum Gasteiger partial charge on any atom is -0.474 e. The number of aromatic nitrogens is 1. The molecule has 2 rings (SSSR count). The molecule has 88 valence electrons. The van der Waals surface area contributed by atoms with E-state index in [1.54, 1.807) is 6.07 Å². The quantitative estimate of drug-likeness (QED) is 0.924. The first-order chi connectivity index (χ1) is 7.24. The maximum absolute atomic E-state index is 5.96. The fraction of sp³-hybridized carbons (Fsp3) is 0.300. The van der Waals surface area contributed by atoms with Crippen LogP contribution in [0.2, 0.25) is 5.02 Å². The molecule has 1 aromatic carbocycles. The summed E-state index contributed by atoms with van der Waals surface area (Å²) < 4.78 is 10.5. The lowest BCUT2D eigenvalue weighted by Gasteiger charge is -2.01. The molecule has 1 aromatic heterocycles. The summed E-state index contributed by atoms with van der Waals surface area (Å²) in [5.74, 6) is 0.454. The molecule has 2 N–H and O–H groups in total. The maximum Gasteiger partial charge on any atom is 0.262 e. The van der Waals surface area contributed by atoms with Crippen LogP contribution in [-0.2, 0) is 0 Å². The minimum atomic E-state index is 0. The van der Waals surface area contributed by atoms with E-state index in [9.17, 15) is 0 Å². The third-order valence-corrected chi connectivity index (χ3v) is 2.41. The molecule has 0 fully saturated rings. The molecule has 0 amide bonds. The van der Waals surface area contributed by atoms with Crippen LogP contribution in [0.5, 0.6) is 5.88 Å². The van der Waals surface area contributed by atoms with E-state index in [2.05, 4.69) is 5.16 Å². The molecule has 6 heteroatoms. The van der Waals surface area contributed by atoms with Crippen molar-refractivity contribution in [1.82, 2.24) is 5.16 Å². The molecule has 0 aliphatic heterocycles. The summed E-state index contributed by atoms with van der Waals surface area (Å²) in [5, 5.41) is 5.17. The number of aryl methyl sites for hydroxylation is 1. The monoisotopic (exact) mass is 262 g/mol. The number of hydrogen-bond donors (Lipinski definition) is 1. The Kier molecular flexibility index (Phi) is 4.41. The van der Waals surface area contributed by atoms with E-state index >= 15 is 0 Å². The van der Waals surface area contributed by atoms with Crippen molar-refractivity contribution in [3.05, 3.63) is 22.7 Å². The molecule has 0 atom stereocenters. The SMILES string of the molecule is Cc1ccc(Cl)c2onc(OCCN)c12.Cl. The highest BCUT2D eigenvalue weighted by molar-refractivity contribution is 6.35. The molecule has 1 heterocycles. The molecule has 0 aliphatic carbocycles. The average molecular weight is 263 g/mol. The zero-order chi connectivity index (χ0) is 10.8. The normalized spacial score (nSPS) is 10.2. The Hall–Kier alpha value is -0.970. The van der Waals surface area contributed by atoms with E-state index < -0.39 is 0 Å². The molecule has 0 radical (unpaired) electrons. The van der Waals surface area contributed by atoms with Gasteiger partial charge in [-0.2, -0.15) is 0 Å². The highest BCUT2D eigenvalue weighted by atomic mass is 35.5. The number of ether oxygens (including phenoxy) is 1. The lowest BCUT2D eigenvalue weighted by Crippen LogP contribution is -2.10. The fourth-order valence-corrected chi connectivity index (χ4v) is 1.59. The standard InChI is InChI=1S/C10H11ClN2O2.ClH/c1-6-2-3-7(11)9-8(6)10(13-15-9)14-5-4-12;/h2-3H,4-5,12H2,1H3;1H. The summed E-state index contributed by atoms with van der Waals surface area (Å²) in [4.78, 5) is 0. The molecule has 16 heavy (non-hydrogen) atoms. The zero-order valence-electron chi connectivity index (χ0n) is 8.70. The number of nitrogens with zero attached hydrogens (tertiary/aromatic N) is 1. The van der Waals surface area contributed by atoms with Crippen molar-refractivity contribution in [1.29, 1.82) is 0 Å². The third-order valence-electron chi connectivity index (χ3n) is 2.11. The van der Waals surface area contributed by atoms with Gasteiger partial charge in [-0.3, -0.25) is 0 Å². The number of hydrogen-bond acceptors (Lipinski definition) is 4. The molecule has 0 saturated heterocycles. The average Bonchev–Trinajstić information content (AvgIpc) is 2.65. The summed E-state index contributed by atoms with van der Waals surface area (Å²) in [7, 11) is 0. The second-order valence-corrected chi connectivity index (χ2v) is 3.60. The summed E-state index contributed by atoms with van der Waals surface area (Å²) in [6.07, 6.45) is 0. The van der Waals surface area contributed by atoms with Gasteiger partial charge in [-0.05, 0) is 23.7 Å². The van der Waals surface area contributed by atoms with Gasteiger partial charge in [-0.15, -0.1) is 12.4 Å². The first-order valence-electron chi connectivity index (χ1n) is 4.61. The number of nitrogens with two attached hydrogens (primary N) is 1. The molecular weight excluding hydrogens is 251 g/mol. The van der Waals surface area contributed by atoms with E-state index in [1.807, 2.05) is 13.0 Å². The highest BCUT2D eigenvalue weighted by Crippen LogP contribution is 2.32. The van der Waals surface area contributed by atoms with Gasteiger partial charge in [0.05, 0.1) is 10.4 Å². The van der Waals surface area contributed by atoms with Gasteiger partial charge in [0.25, 0.3) is 5.88 Å². The first-order valence-corrected chi connectivity index (χ1v) is 4.99. The van der Waals surface area contributed by atoms with Crippen molar-refractivity contribution in [2.24, 2.45) is 5.73 Å². The number of rotatable bonds is 3. The van der Waals surface area contributed by atoms with Crippen LogP contribution in [0.25, 0.3) is 11.0 Å². The van der Waals surface area contributed by atoms with Gasteiger partial charge in [0.15, 0.2) is 5.58 Å². The van der Waals surface area contributed by atoms with Crippen molar-refractivity contribution in [2.45, 2.75) is 6.92 Å². The van der Waals surface area contributed by atoms with Crippen LogP contribution < -0.4 is 10.5 Å². The van der Waals surface area contributed by atoms with Crippen molar-refractivity contribution >= 4 is 35.0 Å². The first kappa shape index (κ1) is 13.1. The van der Waals surface area contributed by atoms with E-state index in [1.165, 1.54) is 0 Å². The van der Waals surface area contributed by atoms with Gasteiger partial charge >= 0.3 is 0 Å². The Labute approximate surface area is 104 Å². The van der Waals surface area contributed by atoms with Crippen LogP contribution >= 0.6 is 24.0 Å². The molecule has 0 saturated carbocycles. The van der Waals surface area contributed by atoms with Gasteiger partial charge < -0.3 is 15.0 Å². The van der Waals surface area contributed by atoms with Crippen molar-refractivity contribution < 1.29 is 9.26 Å². The largest absolute Gasteiger partial charge is 0.474 e. The second-order valence-electron chi connectivity index (χ2n) is 3.19. The Morgan fingerprint density at radius 2 is 2.25 bits per heavy atom. The molecule has 0 bridgehead atoms. The van der Waals surface area contributed by atoms with Crippen molar-refractivity contribution in [2.75, 3.05) is 13.2 Å². The topological polar surface area (TPSA) is 61.3 Å². The van der Waals surface area contributed by atoms with E-state index in [4.69, 9.17) is 26.6 Å². The lowest BCUT2D eigenvalue weighted by atomic mass is 10.1. The predicted octanol–water partition coefficient (Wildman–Crippen LogP) is 2.55. The van der Waals surface area contributed by atoms with Crippen LogP contribution in [0, 0.1) is 6.92 Å². The third kappa shape index (κ3) is 2.24. The smallest absolute Gasteiger partial charge is 0.262 e. The second kappa shape index (κ2) is 5.39. The molecule has 2 aromatic rings. The molecule has 0 aliphatic rings. The highest BCUT2D eigenvalue weighted by Gasteiger charge is 2.14. The van der Waals surface area contributed by atoms with Crippen LogP contribution in [-0.4, -0.2) is 18.3 Å². The van der Waals surface area contributed by atoms with Crippen molar-refractivity contribution in [3.63, 3.8) is 0 Å². The van der Waals surface area contributed by atoms with Crippen LogP contribution in [0.15, 0.2) is 16.7 Å². The molecule has 4 nitrogen and oxygen atoms in total. The fourth-order valence-electron chi connectivity index (χ4n) is 1.40. The molecule has 0 spiro atoms. The predicted molar refractivity (Wildman–Crippen MR) is 65.6 cm³/mol. The van der Waals surface area contributed by atoms with Gasteiger partial charge in [0.2, 0.25) is 0 Å². The van der Waals surface area contributed by atoms with Gasteiger partial charge in [-0.25, -0.2) is 0 Å². The van der Waals surface area contributed by atoms with Crippen LogP contribution in [0.1, 0.15) is 5.56 Å². The minimum absolute atomic E-state index is 0. The van der Waals surface area contributed by atoms with Crippen molar-refractivity contribution in [3.8, 4) is 5.88 Å². The molecular formula is C10H12Cl2N2O2. The lowest BCUT2D eigenvalue weighted by molar-refractivity contribution is 0.293. The van der Waals surface area contributed by atoms with E-state index in [-0.39, 0.29) is 12.4 Å². The Morgan fingerprint density at radius 1 is 1.50 bits per heavy atom. The van der Waals surface area contributed by atoms with Gasteiger partial charge in [0, 0.05) is 6.54 Å². The van der Waals surface area contributed by atoms with Gasteiger partial charge in [0.1, 0.15) is 6.61 Å². The van der Waals surface area contributed by atoms with Gasteiger partial charge in [-0.1, -0.05) is 17.7 Å². The maximum atomic E-state index is 5.96. The molecule has 0 unspecified atom stereocenters. The summed E-state index contributed by atoms with van der Waals surface area (Å²) in [6, 6.07) is 3.67.